The highest BCUT2D eigenvalue weighted by atomic mass is 15.3. The van der Waals surface area contributed by atoms with Gasteiger partial charge in [0.05, 0.1) is 11.4 Å². The fourth-order valence-electron chi connectivity index (χ4n) is 1.38. The predicted octanol–water partition coefficient (Wildman–Crippen LogP) is 1.03. The number of rotatable bonds is 2. The van der Waals surface area contributed by atoms with Crippen LogP contribution in [0, 0.1) is 6.92 Å². The van der Waals surface area contributed by atoms with Crippen LogP contribution in [0.25, 0.3) is 5.69 Å². The summed E-state index contributed by atoms with van der Waals surface area (Å²) in [6.45, 7) is 2.48. The fourth-order valence-corrected chi connectivity index (χ4v) is 1.38. The predicted molar refractivity (Wildman–Crippen MR) is 54.0 cm³/mol. The zero-order valence-electron chi connectivity index (χ0n) is 8.01. The van der Waals surface area contributed by atoms with Crippen molar-refractivity contribution in [2.24, 2.45) is 5.73 Å². The van der Waals surface area contributed by atoms with E-state index in [2.05, 4.69) is 10.1 Å². The average Bonchev–Trinajstić information content (AvgIpc) is 2.61. The summed E-state index contributed by atoms with van der Waals surface area (Å²) in [7, 11) is 0. The lowest BCUT2D eigenvalue weighted by molar-refractivity contribution is 0.811. The summed E-state index contributed by atoms with van der Waals surface area (Å²) in [5.74, 6) is 0. The van der Waals surface area contributed by atoms with Crippen LogP contribution >= 0.6 is 0 Å². The van der Waals surface area contributed by atoms with Crippen molar-refractivity contribution in [3.63, 3.8) is 0 Å². The van der Waals surface area contributed by atoms with E-state index in [1.54, 1.807) is 12.4 Å². The molecule has 4 heteroatoms. The van der Waals surface area contributed by atoms with Crippen LogP contribution < -0.4 is 5.73 Å². The molecule has 0 aromatic carbocycles. The first-order valence-corrected chi connectivity index (χ1v) is 4.47. The first-order valence-electron chi connectivity index (χ1n) is 4.47. The SMILES string of the molecule is Cc1cc(CN)nn1-c1ccncc1. The van der Waals surface area contributed by atoms with Crippen LogP contribution in [0.2, 0.25) is 0 Å². The van der Waals surface area contributed by atoms with Crippen LogP contribution in [-0.2, 0) is 6.54 Å². The number of hydrogen-bond acceptors (Lipinski definition) is 3. The molecule has 0 atom stereocenters. The minimum atomic E-state index is 0.471. The lowest BCUT2D eigenvalue weighted by Crippen LogP contribution is -2.01. The largest absolute Gasteiger partial charge is 0.325 e. The maximum absolute atomic E-state index is 5.52. The van der Waals surface area contributed by atoms with Crippen molar-refractivity contribution < 1.29 is 0 Å². The van der Waals surface area contributed by atoms with Gasteiger partial charge in [0.2, 0.25) is 0 Å². The number of aryl methyl sites for hydroxylation is 1. The van der Waals surface area contributed by atoms with Gasteiger partial charge < -0.3 is 5.73 Å². The van der Waals surface area contributed by atoms with Crippen molar-refractivity contribution in [2.45, 2.75) is 13.5 Å². The van der Waals surface area contributed by atoms with Gasteiger partial charge in [0.25, 0.3) is 0 Å². The third kappa shape index (κ3) is 1.52. The summed E-state index contributed by atoms with van der Waals surface area (Å²) in [4.78, 5) is 3.96. The Hall–Kier alpha value is -1.68. The lowest BCUT2D eigenvalue weighted by atomic mass is 10.3. The molecule has 0 aliphatic rings. The first-order chi connectivity index (χ1) is 6.81. The van der Waals surface area contributed by atoms with Crippen molar-refractivity contribution >= 4 is 0 Å². The first kappa shape index (κ1) is 8.90. The van der Waals surface area contributed by atoms with Gasteiger partial charge in [0, 0.05) is 24.6 Å². The fraction of sp³-hybridized carbons (Fsp3) is 0.200. The molecular formula is C10H12N4. The number of nitrogens with two attached hydrogens (primary N) is 1. The molecule has 0 fully saturated rings. The Bertz CT molecular complexity index is 419. The second-order valence-corrected chi connectivity index (χ2v) is 3.10. The molecule has 0 saturated heterocycles. The maximum atomic E-state index is 5.52. The normalized spacial score (nSPS) is 10.4. The third-order valence-corrected chi connectivity index (χ3v) is 2.05. The molecule has 2 aromatic heterocycles. The standard InChI is InChI=1S/C10H12N4/c1-8-6-9(7-11)13-14(8)10-2-4-12-5-3-10/h2-6H,7,11H2,1H3. The van der Waals surface area contributed by atoms with Crippen molar-refractivity contribution in [1.29, 1.82) is 0 Å². The summed E-state index contributed by atoms with van der Waals surface area (Å²) < 4.78 is 1.86. The summed E-state index contributed by atoms with van der Waals surface area (Å²) in [6, 6.07) is 5.82. The van der Waals surface area contributed by atoms with Gasteiger partial charge >= 0.3 is 0 Å². The van der Waals surface area contributed by atoms with Crippen LogP contribution in [0.3, 0.4) is 0 Å². The quantitative estimate of drug-likeness (QED) is 0.766. The minimum Gasteiger partial charge on any atom is -0.325 e. The topological polar surface area (TPSA) is 56.7 Å². The summed E-state index contributed by atoms with van der Waals surface area (Å²) in [5, 5.41) is 4.36. The Morgan fingerprint density at radius 1 is 1.36 bits per heavy atom. The Morgan fingerprint density at radius 2 is 2.07 bits per heavy atom. The van der Waals surface area contributed by atoms with Gasteiger partial charge in [-0.05, 0) is 25.1 Å². The molecule has 0 unspecified atom stereocenters. The summed E-state index contributed by atoms with van der Waals surface area (Å²) in [5.41, 5.74) is 8.52. The molecule has 2 N–H and O–H groups in total. The van der Waals surface area contributed by atoms with Crippen LogP contribution in [0.5, 0.6) is 0 Å². The van der Waals surface area contributed by atoms with E-state index in [1.807, 2.05) is 29.8 Å². The number of aromatic nitrogens is 3. The van der Waals surface area contributed by atoms with Gasteiger partial charge in [-0.15, -0.1) is 0 Å². The van der Waals surface area contributed by atoms with E-state index in [4.69, 9.17) is 5.73 Å². The monoisotopic (exact) mass is 188 g/mol. The Balaban J connectivity index is 2.46. The molecule has 2 rings (SSSR count). The van der Waals surface area contributed by atoms with E-state index < -0.39 is 0 Å². The van der Waals surface area contributed by atoms with E-state index in [0.717, 1.165) is 17.1 Å². The molecule has 0 amide bonds. The van der Waals surface area contributed by atoms with Crippen molar-refractivity contribution in [3.8, 4) is 5.69 Å². The van der Waals surface area contributed by atoms with Gasteiger partial charge in [-0.1, -0.05) is 0 Å². The molecule has 0 saturated carbocycles. The second-order valence-electron chi connectivity index (χ2n) is 3.10. The van der Waals surface area contributed by atoms with E-state index in [-0.39, 0.29) is 0 Å². The van der Waals surface area contributed by atoms with Crippen LogP contribution in [-0.4, -0.2) is 14.8 Å². The maximum Gasteiger partial charge on any atom is 0.0767 e. The summed E-state index contributed by atoms with van der Waals surface area (Å²) in [6.07, 6.45) is 3.50. The van der Waals surface area contributed by atoms with Crippen molar-refractivity contribution in [3.05, 3.63) is 42.0 Å². The Kier molecular flexibility index (Phi) is 2.28. The molecule has 72 valence electrons. The molecule has 0 aliphatic heterocycles. The highest BCUT2D eigenvalue weighted by molar-refractivity contribution is 5.30. The molecule has 14 heavy (non-hydrogen) atoms. The molecule has 2 aromatic rings. The molecular weight excluding hydrogens is 176 g/mol. The highest BCUT2D eigenvalue weighted by Gasteiger charge is 2.03. The molecule has 0 spiro atoms. The smallest absolute Gasteiger partial charge is 0.0767 e. The Morgan fingerprint density at radius 3 is 2.64 bits per heavy atom. The third-order valence-electron chi connectivity index (χ3n) is 2.05. The van der Waals surface area contributed by atoms with E-state index in [9.17, 15) is 0 Å². The van der Waals surface area contributed by atoms with Gasteiger partial charge in [-0.25, -0.2) is 4.68 Å². The minimum absolute atomic E-state index is 0.471. The number of hydrogen-bond donors (Lipinski definition) is 1. The number of nitrogens with zero attached hydrogens (tertiary/aromatic N) is 3. The molecule has 0 radical (unpaired) electrons. The van der Waals surface area contributed by atoms with E-state index in [0.29, 0.717) is 6.54 Å². The average molecular weight is 188 g/mol. The zero-order chi connectivity index (χ0) is 9.97. The van der Waals surface area contributed by atoms with Crippen LogP contribution in [0.4, 0.5) is 0 Å². The lowest BCUT2D eigenvalue weighted by Gasteiger charge is -2.02. The van der Waals surface area contributed by atoms with Gasteiger partial charge in [0.1, 0.15) is 0 Å². The van der Waals surface area contributed by atoms with Crippen molar-refractivity contribution in [1.82, 2.24) is 14.8 Å². The van der Waals surface area contributed by atoms with Gasteiger partial charge in [0.15, 0.2) is 0 Å². The Labute approximate surface area is 82.4 Å². The van der Waals surface area contributed by atoms with Gasteiger partial charge in [-0.3, -0.25) is 4.98 Å². The van der Waals surface area contributed by atoms with E-state index in [1.165, 1.54) is 0 Å². The van der Waals surface area contributed by atoms with Crippen LogP contribution in [0.15, 0.2) is 30.6 Å². The molecule has 2 heterocycles. The van der Waals surface area contributed by atoms with Gasteiger partial charge in [-0.2, -0.15) is 5.10 Å². The summed E-state index contributed by atoms with van der Waals surface area (Å²) >= 11 is 0. The van der Waals surface area contributed by atoms with Crippen molar-refractivity contribution in [2.75, 3.05) is 0 Å². The van der Waals surface area contributed by atoms with E-state index >= 15 is 0 Å². The second kappa shape index (κ2) is 3.59. The van der Waals surface area contributed by atoms with Crippen LogP contribution in [0.1, 0.15) is 11.4 Å². The number of pyridine rings is 1. The molecule has 0 bridgehead atoms. The zero-order valence-corrected chi connectivity index (χ0v) is 8.01. The molecule has 0 aliphatic carbocycles. The highest BCUT2D eigenvalue weighted by Crippen LogP contribution is 2.10. The molecule has 4 nitrogen and oxygen atoms in total.